The first kappa shape index (κ1) is 19.7. The fourth-order valence-electron chi connectivity index (χ4n) is 5.54. The number of allylic oxidation sites excluding steroid dienone is 2. The van der Waals surface area contributed by atoms with Crippen LogP contribution in [0, 0.1) is 17.8 Å². The van der Waals surface area contributed by atoms with Gasteiger partial charge in [0.1, 0.15) is 11.7 Å². The van der Waals surface area contributed by atoms with Crippen molar-refractivity contribution in [3.63, 3.8) is 0 Å². The predicted molar refractivity (Wildman–Crippen MR) is 110 cm³/mol. The number of aliphatic hydroxyl groups excluding tert-OH is 1. The number of esters is 1. The molecule has 0 amide bonds. The Bertz CT molecular complexity index is 695. The number of piperidine rings is 1. The van der Waals surface area contributed by atoms with Crippen molar-refractivity contribution in [3.8, 4) is 0 Å². The molecule has 1 aromatic carbocycles. The zero-order valence-electron chi connectivity index (χ0n) is 16.9. The van der Waals surface area contributed by atoms with Crippen LogP contribution in [0.4, 0.5) is 0 Å². The minimum Gasteiger partial charge on any atom is -0.452 e. The predicted octanol–water partition coefficient (Wildman–Crippen LogP) is 3.89. The Kier molecular flexibility index (Phi) is 5.88. The summed E-state index contributed by atoms with van der Waals surface area (Å²) in [5.41, 5.74) is 0.406. The van der Waals surface area contributed by atoms with E-state index in [4.69, 9.17) is 4.74 Å². The SMILES string of the molecule is C[C@H](O)C(=O)O[C@@](CCN1CCCCC1)(c1ccccc1)[C@@H]1C[C@H]2C=C[C@@H]1C2. The molecule has 2 aliphatic carbocycles. The lowest BCUT2D eigenvalue weighted by Gasteiger charge is -2.43. The highest BCUT2D eigenvalue weighted by atomic mass is 16.6. The van der Waals surface area contributed by atoms with E-state index in [0.717, 1.165) is 44.5 Å². The largest absolute Gasteiger partial charge is 0.452 e. The van der Waals surface area contributed by atoms with Gasteiger partial charge in [0.05, 0.1) is 0 Å². The number of ether oxygens (including phenoxy) is 1. The van der Waals surface area contributed by atoms with Gasteiger partial charge in [-0.3, -0.25) is 0 Å². The van der Waals surface area contributed by atoms with Gasteiger partial charge in [-0.2, -0.15) is 0 Å². The number of benzene rings is 1. The molecule has 0 spiro atoms. The van der Waals surface area contributed by atoms with Crippen molar-refractivity contribution in [2.45, 2.75) is 57.2 Å². The normalized spacial score (nSPS) is 30.1. The van der Waals surface area contributed by atoms with Crippen molar-refractivity contribution >= 4 is 5.97 Å². The van der Waals surface area contributed by atoms with Gasteiger partial charge in [-0.05, 0) is 63.1 Å². The molecule has 3 aliphatic rings. The first-order valence-electron chi connectivity index (χ1n) is 11.0. The molecule has 4 rings (SSSR count). The highest BCUT2D eigenvalue weighted by molar-refractivity contribution is 5.74. The summed E-state index contributed by atoms with van der Waals surface area (Å²) >= 11 is 0. The molecule has 0 radical (unpaired) electrons. The van der Waals surface area contributed by atoms with E-state index in [2.05, 4.69) is 29.2 Å². The second-order valence-electron chi connectivity index (χ2n) is 8.89. The average molecular weight is 384 g/mol. The van der Waals surface area contributed by atoms with E-state index in [-0.39, 0.29) is 5.92 Å². The third kappa shape index (κ3) is 3.90. The highest BCUT2D eigenvalue weighted by Crippen LogP contribution is 2.54. The molecular weight excluding hydrogens is 350 g/mol. The van der Waals surface area contributed by atoms with Gasteiger partial charge >= 0.3 is 5.97 Å². The van der Waals surface area contributed by atoms with E-state index in [9.17, 15) is 9.90 Å². The summed E-state index contributed by atoms with van der Waals surface area (Å²) in [7, 11) is 0. The summed E-state index contributed by atoms with van der Waals surface area (Å²) in [6.45, 7) is 4.70. The molecule has 1 heterocycles. The first-order chi connectivity index (χ1) is 13.6. The topological polar surface area (TPSA) is 49.8 Å². The highest BCUT2D eigenvalue weighted by Gasteiger charge is 2.52. The van der Waals surface area contributed by atoms with E-state index in [0.29, 0.717) is 11.8 Å². The lowest BCUT2D eigenvalue weighted by Crippen LogP contribution is -2.46. The second kappa shape index (κ2) is 8.38. The average Bonchev–Trinajstić information content (AvgIpc) is 3.36. The molecule has 2 fully saturated rings. The molecule has 4 nitrogen and oxygen atoms in total. The van der Waals surface area contributed by atoms with Crippen LogP contribution in [0.15, 0.2) is 42.5 Å². The van der Waals surface area contributed by atoms with Crippen LogP contribution in [0.2, 0.25) is 0 Å². The van der Waals surface area contributed by atoms with E-state index in [1.165, 1.54) is 26.2 Å². The Hall–Kier alpha value is -1.65. The summed E-state index contributed by atoms with van der Waals surface area (Å²) in [5, 5.41) is 9.92. The number of carbonyl (C=O) groups is 1. The number of rotatable bonds is 7. The number of aliphatic hydroxyl groups is 1. The van der Waals surface area contributed by atoms with Gasteiger partial charge in [0, 0.05) is 18.9 Å². The van der Waals surface area contributed by atoms with Crippen LogP contribution in [0.25, 0.3) is 0 Å². The van der Waals surface area contributed by atoms with Crippen LogP contribution in [0.5, 0.6) is 0 Å². The lowest BCUT2D eigenvalue weighted by molar-refractivity contribution is -0.181. The summed E-state index contributed by atoms with van der Waals surface area (Å²) in [6, 6.07) is 10.3. The third-order valence-corrected chi connectivity index (χ3v) is 7.01. The number of hydrogen-bond donors (Lipinski definition) is 1. The van der Waals surface area contributed by atoms with Gasteiger partial charge in [0.15, 0.2) is 0 Å². The fraction of sp³-hybridized carbons (Fsp3) is 0.625. The maximum atomic E-state index is 12.6. The molecule has 0 unspecified atom stereocenters. The van der Waals surface area contributed by atoms with Crippen molar-refractivity contribution in [1.82, 2.24) is 4.90 Å². The van der Waals surface area contributed by atoms with Crippen molar-refractivity contribution in [1.29, 1.82) is 0 Å². The van der Waals surface area contributed by atoms with Crippen LogP contribution < -0.4 is 0 Å². The van der Waals surface area contributed by atoms with Crippen LogP contribution in [-0.4, -0.2) is 41.7 Å². The summed E-state index contributed by atoms with van der Waals surface area (Å²) in [6.07, 6.45) is 10.4. The molecule has 152 valence electrons. The van der Waals surface area contributed by atoms with Crippen LogP contribution >= 0.6 is 0 Å². The van der Waals surface area contributed by atoms with E-state index < -0.39 is 17.7 Å². The van der Waals surface area contributed by atoms with Crippen molar-refractivity contribution in [2.75, 3.05) is 19.6 Å². The van der Waals surface area contributed by atoms with Gasteiger partial charge in [-0.15, -0.1) is 0 Å². The maximum Gasteiger partial charge on any atom is 0.335 e. The summed E-state index contributed by atoms with van der Waals surface area (Å²) in [5.74, 6) is 0.818. The molecule has 1 saturated carbocycles. The van der Waals surface area contributed by atoms with Gasteiger partial charge < -0.3 is 14.7 Å². The number of hydrogen-bond acceptors (Lipinski definition) is 4. The van der Waals surface area contributed by atoms with Gasteiger partial charge in [-0.1, -0.05) is 48.9 Å². The molecule has 1 saturated heterocycles. The third-order valence-electron chi connectivity index (χ3n) is 7.01. The monoisotopic (exact) mass is 383 g/mol. The lowest BCUT2D eigenvalue weighted by atomic mass is 9.72. The maximum absolute atomic E-state index is 12.6. The molecule has 1 aliphatic heterocycles. The van der Waals surface area contributed by atoms with Gasteiger partial charge in [-0.25, -0.2) is 4.79 Å². The number of carbonyl (C=O) groups excluding carboxylic acids is 1. The number of fused-ring (bicyclic) bond motifs is 2. The van der Waals surface area contributed by atoms with Gasteiger partial charge in [0.25, 0.3) is 0 Å². The molecule has 1 N–H and O–H groups in total. The standard InChI is InChI=1S/C24H33NO3/c1-18(26)23(27)28-24(21-8-4-2-5-9-21,12-15-25-13-6-3-7-14-25)22-17-19-10-11-20(22)16-19/h2,4-5,8-11,18-20,22,26H,3,6-7,12-17H2,1H3/t18-,19-,20+,22+,24-/m0/s1. The Morgan fingerprint density at radius 3 is 2.54 bits per heavy atom. The smallest absolute Gasteiger partial charge is 0.335 e. The molecular formula is C24H33NO3. The molecule has 0 aromatic heterocycles. The Morgan fingerprint density at radius 2 is 1.93 bits per heavy atom. The molecule has 4 heteroatoms. The minimum atomic E-state index is -1.10. The van der Waals surface area contributed by atoms with Crippen LogP contribution in [0.1, 0.15) is 51.0 Å². The Labute approximate surface area is 168 Å². The van der Waals surface area contributed by atoms with Gasteiger partial charge in [0.2, 0.25) is 0 Å². The van der Waals surface area contributed by atoms with E-state index in [1.54, 1.807) is 0 Å². The first-order valence-corrected chi connectivity index (χ1v) is 11.0. The summed E-state index contributed by atoms with van der Waals surface area (Å²) in [4.78, 5) is 15.2. The summed E-state index contributed by atoms with van der Waals surface area (Å²) < 4.78 is 6.26. The van der Waals surface area contributed by atoms with Crippen LogP contribution in [0.3, 0.4) is 0 Å². The van der Waals surface area contributed by atoms with Crippen molar-refractivity contribution < 1.29 is 14.6 Å². The van der Waals surface area contributed by atoms with E-state index in [1.807, 2.05) is 18.2 Å². The second-order valence-corrected chi connectivity index (χ2v) is 8.89. The van der Waals surface area contributed by atoms with Crippen molar-refractivity contribution in [3.05, 3.63) is 48.0 Å². The minimum absolute atomic E-state index is 0.275. The van der Waals surface area contributed by atoms with Crippen molar-refractivity contribution in [2.24, 2.45) is 17.8 Å². The molecule has 2 bridgehead atoms. The number of likely N-dealkylation sites (tertiary alicyclic amines) is 1. The quantitative estimate of drug-likeness (QED) is 0.573. The Morgan fingerprint density at radius 1 is 1.18 bits per heavy atom. The Balaban J connectivity index is 1.67. The molecule has 1 aromatic rings. The van der Waals surface area contributed by atoms with E-state index >= 15 is 0 Å². The molecule has 5 atom stereocenters. The molecule has 28 heavy (non-hydrogen) atoms. The fourth-order valence-corrected chi connectivity index (χ4v) is 5.54. The van der Waals surface area contributed by atoms with Crippen LogP contribution in [-0.2, 0) is 15.1 Å². The zero-order chi connectivity index (χ0) is 19.6. The number of nitrogens with zero attached hydrogens (tertiary/aromatic N) is 1. The zero-order valence-corrected chi connectivity index (χ0v) is 16.9.